The maximum absolute atomic E-state index is 12.1. The Morgan fingerprint density at radius 2 is 2.19 bits per heavy atom. The molecule has 0 saturated carbocycles. The predicted octanol–water partition coefficient (Wildman–Crippen LogP) is 2.03. The molecule has 134 valence electrons. The number of hydrogen-bond acceptors (Lipinski definition) is 7. The summed E-state index contributed by atoms with van der Waals surface area (Å²) in [6.07, 6.45) is -0.237. The molecule has 7 nitrogen and oxygen atoms in total. The summed E-state index contributed by atoms with van der Waals surface area (Å²) in [5.74, 6) is 1.39. The molecule has 0 unspecified atom stereocenters. The standard InChI is InChI=1S/C17H15N3O4S2/c21-14(9-26-17-19-15(22)11-5-6-25-16(11)20-17)18-7-10-8-23-12-3-1-2-4-13(12)24-10/h1-6,10H,7-9H2,(H,18,21)(H,19,20,22)/t10-/m1/s1. The van der Waals surface area contributed by atoms with Gasteiger partial charge in [-0.05, 0) is 23.6 Å². The van der Waals surface area contributed by atoms with Gasteiger partial charge in [-0.15, -0.1) is 11.3 Å². The lowest BCUT2D eigenvalue weighted by Gasteiger charge is -2.26. The number of thioether (sulfide) groups is 1. The van der Waals surface area contributed by atoms with E-state index < -0.39 is 0 Å². The second-order valence-electron chi connectivity index (χ2n) is 5.60. The summed E-state index contributed by atoms with van der Waals surface area (Å²) < 4.78 is 11.4. The first-order valence-corrected chi connectivity index (χ1v) is 9.81. The number of thiophene rings is 1. The van der Waals surface area contributed by atoms with Crippen LogP contribution in [0, 0.1) is 0 Å². The molecular formula is C17H15N3O4S2. The van der Waals surface area contributed by atoms with Crippen molar-refractivity contribution in [2.45, 2.75) is 11.3 Å². The van der Waals surface area contributed by atoms with E-state index in [1.165, 1.54) is 23.1 Å². The Balaban J connectivity index is 1.28. The van der Waals surface area contributed by atoms with Crippen LogP contribution in [0.1, 0.15) is 0 Å². The summed E-state index contributed by atoms with van der Waals surface area (Å²) in [7, 11) is 0. The average molecular weight is 389 g/mol. The number of benzene rings is 1. The van der Waals surface area contributed by atoms with E-state index in [1.807, 2.05) is 29.6 Å². The third-order valence-electron chi connectivity index (χ3n) is 3.75. The van der Waals surface area contributed by atoms with Crippen LogP contribution >= 0.6 is 23.1 Å². The van der Waals surface area contributed by atoms with E-state index in [-0.39, 0.29) is 23.3 Å². The molecule has 1 amide bonds. The van der Waals surface area contributed by atoms with Crippen molar-refractivity contribution in [1.29, 1.82) is 0 Å². The number of fused-ring (bicyclic) bond motifs is 2. The van der Waals surface area contributed by atoms with Gasteiger partial charge in [-0.3, -0.25) is 9.59 Å². The third-order valence-corrected chi connectivity index (χ3v) is 5.43. The number of aromatic amines is 1. The van der Waals surface area contributed by atoms with Crippen LogP contribution in [0.15, 0.2) is 45.7 Å². The Hall–Kier alpha value is -2.52. The van der Waals surface area contributed by atoms with Crippen molar-refractivity contribution in [2.24, 2.45) is 0 Å². The first-order valence-electron chi connectivity index (χ1n) is 7.94. The Kier molecular flexibility index (Phi) is 4.81. The second kappa shape index (κ2) is 7.38. The highest BCUT2D eigenvalue weighted by Gasteiger charge is 2.21. The molecule has 2 aromatic heterocycles. The van der Waals surface area contributed by atoms with Gasteiger partial charge in [-0.2, -0.15) is 0 Å². The lowest BCUT2D eigenvalue weighted by molar-refractivity contribution is -0.119. The van der Waals surface area contributed by atoms with Crippen LogP contribution in [0.5, 0.6) is 11.5 Å². The number of nitrogens with zero attached hydrogens (tertiary/aromatic N) is 1. The summed E-state index contributed by atoms with van der Waals surface area (Å²) in [5.41, 5.74) is -0.189. The number of carbonyl (C=O) groups excluding carboxylic acids is 1. The van der Waals surface area contributed by atoms with Crippen molar-refractivity contribution in [3.8, 4) is 11.5 Å². The number of amides is 1. The van der Waals surface area contributed by atoms with Gasteiger partial charge in [0.15, 0.2) is 16.7 Å². The van der Waals surface area contributed by atoms with Crippen molar-refractivity contribution in [3.05, 3.63) is 46.1 Å². The first kappa shape index (κ1) is 16.9. The monoisotopic (exact) mass is 389 g/mol. The molecule has 0 bridgehead atoms. The summed E-state index contributed by atoms with van der Waals surface area (Å²) in [4.78, 5) is 31.7. The fourth-order valence-corrected chi connectivity index (χ4v) is 4.00. The van der Waals surface area contributed by atoms with E-state index in [1.54, 1.807) is 6.07 Å². The fraction of sp³-hybridized carbons (Fsp3) is 0.235. The van der Waals surface area contributed by atoms with Gasteiger partial charge in [0.1, 0.15) is 17.5 Å². The van der Waals surface area contributed by atoms with Crippen molar-refractivity contribution >= 4 is 39.2 Å². The molecule has 1 atom stereocenters. The van der Waals surface area contributed by atoms with Gasteiger partial charge in [-0.1, -0.05) is 23.9 Å². The summed E-state index contributed by atoms with van der Waals surface area (Å²) >= 11 is 2.59. The number of ether oxygens (including phenoxy) is 2. The number of para-hydroxylation sites is 2. The third kappa shape index (κ3) is 3.68. The molecule has 3 aromatic rings. The molecule has 2 N–H and O–H groups in total. The highest BCUT2D eigenvalue weighted by atomic mass is 32.2. The van der Waals surface area contributed by atoms with E-state index in [0.717, 1.165) is 0 Å². The molecule has 4 rings (SSSR count). The number of hydrogen-bond donors (Lipinski definition) is 2. The SMILES string of the molecule is O=C(CSc1nc2sccc2c(=O)[nH]1)NC[C@@H]1COc2ccccc2O1. The minimum atomic E-state index is -0.237. The van der Waals surface area contributed by atoms with Crippen molar-refractivity contribution in [3.63, 3.8) is 0 Å². The molecule has 1 aromatic carbocycles. The predicted molar refractivity (Wildman–Crippen MR) is 100 cm³/mol. The topological polar surface area (TPSA) is 93.3 Å². The average Bonchev–Trinajstić information content (AvgIpc) is 3.14. The minimum Gasteiger partial charge on any atom is -0.486 e. The van der Waals surface area contributed by atoms with Crippen molar-refractivity contribution in [1.82, 2.24) is 15.3 Å². The largest absolute Gasteiger partial charge is 0.486 e. The summed E-state index contributed by atoms with van der Waals surface area (Å²) in [6, 6.07) is 9.17. The summed E-state index contributed by atoms with van der Waals surface area (Å²) in [6.45, 7) is 0.732. The van der Waals surface area contributed by atoms with Gasteiger partial charge in [0.25, 0.3) is 5.56 Å². The fourth-order valence-electron chi connectivity index (χ4n) is 2.49. The normalized spacial score (nSPS) is 15.8. The molecule has 1 aliphatic rings. The van der Waals surface area contributed by atoms with Crippen LogP contribution in [0.25, 0.3) is 10.2 Å². The van der Waals surface area contributed by atoms with Gasteiger partial charge in [0, 0.05) is 0 Å². The lowest BCUT2D eigenvalue weighted by Crippen LogP contribution is -2.41. The van der Waals surface area contributed by atoms with Crippen LogP contribution in [0.3, 0.4) is 0 Å². The molecule has 0 saturated heterocycles. The van der Waals surface area contributed by atoms with Gasteiger partial charge in [0.2, 0.25) is 5.91 Å². The Morgan fingerprint density at radius 3 is 3.08 bits per heavy atom. The molecule has 26 heavy (non-hydrogen) atoms. The second-order valence-corrected chi connectivity index (χ2v) is 7.46. The minimum absolute atomic E-state index is 0.157. The smallest absolute Gasteiger partial charge is 0.260 e. The van der Waals surface area contributed by atoms with Gasteiger partial charge in [0.05, 0.1) is 17.7 Å². The number of H-pyrrole nitrogens is 1. The Bertz CT molecular complexity index is 1000. The first-order chi connectivity index (χ1) is 12.7. The lowest BCUT2D eigenvalue weighted by atomic mass is 10.2. The highest BCUT2D eigenvalue weighted by molar-refractivity contribution is 7.99. The van der Waals surface area contributed by atoms with Crippen molar-refractivity contribution < 1.29 is 14.3 Å². The van der Waals surface area contributed by atoms with Gasteiger partial charge < -0.3 is 19.8 Å². The molecule has 1 aliphatic heterocycles. The van der Waals surface area contributed by atoms with E-state index >= 15 is 0 Å². The molecule has 9 heteroatoms. The zero-order valence-electron chi connectivity index (χ0n) is 13.6. The highest BCUT2D eigenvalue weighted by Crippen LogP contribution is 2.30. The van der Waals surface area contributed by atoms with E-state index in [2.05, 4.69) is 15.3 Å². The van der Waals surface area contributed by atoms with Gasteiger partial charge >= 0.3 is 0 Å². The van der Waals surface area contributed by atoms with Crippen LogP contribution in [-0.2, 0) is 4.79 Å². The number of carbonyl (C=O) groups is 1. The number of rotatable bonds is 5. The molecule has 0 radical (unpaired) electrons. The maximum atomic E-state index is 12.1. The zero-order chi connectivity index (χ0) is 17.9. The van der Waals surface area contributed by atoms with Crippen LogP contribution in [0.4, 0.5) is 0 Å². The molecule has 3 heterocycles. The number of aromatic nitrogens is 2. The van der Waals surface area contributed by atoms with Crippen LogP contribution < -0.4 is 20.3 Å². The van der Waals surface area contributed by atoms with Crippen molar-refractivity contribution in [2.75, 3.05) is 18.9 Å². The van der Waals surface area contributed by atoms with Gasteiger partial charge in [-0.25, -0.2) is 4.98 Å². The maximum Gasteiger partial charge on any atom is 0.260 e. The van der Waals surface area contributed by atoms with E-state index in [9.17, 15) is 9.59 Å². The number of nitrogens with one attached hydrogen (secondary N) is 2. The quantitative estimate of drug-likeness (QED) is 0.512. The Labute approximate surface area is 156 Å². The van der Waals surface area contributed by atoms with E-state index in [0.29, 0.717) is 40.0 Å². The Morgan fingerprint density at radius 1 is 1.35 bits per heavy atom. The van der Waals surface area contributed by atoms with Crippen LogP contribution in [0.2, 0.25) is 0 Å². The molecule has 0 aliphatic carbocycles. The summed E-state index contributed by atoms with van der Waals surface area (Å²) in [5, 5.41) is 5.64. The van der Waals surface area contributed by atoms with Crippen LogP contribution in [-0.4, -0.2) is 40.9 Å². The van der Waals surface area contributed by atoms with E-state index in [4.69, 9.17) is 9.47 Å². The zero-order valence-corrected chi connectivity index (χ0v) is 15.2. The molecular weight excluding hydrogens is 374 g/mol. The molecule has 0 spiro atoms. The molecule has 0 fully saturated rings.